The molecule has 8 heteroatoms. The van der Waals surface area contributed by atoms with E-state index in [0.29, 0.717) is 6.54 Å². The van der Waals surface area contributed by atoms with Gasteiger partial charge in [0.1, 0.15) is 5.82 Å². The van der Waals surface area contributed by atoms with Crippen molar-refractivity contribution < 1.29 is 17.6 Å². The summed E-state index contributed by atoms with van der Waals surface area (Å²) in [6.45, 7) is 3.67. The average Bonchev–Trinajstić information content (AvgIpc) is 2.99. The predicted octanol–water partition coefficient (Wildman–Crippen LogP) is 3.81. The molecule has 1 aliphatic rings. The van der Waals surface area contributed by atoms with Crippen LogP contribution in [0.5, 0.6) is 0 Å². The zero-order valence-electron chi connectivity index (χ0n) is 19.4. The molecule has 0 radical (unpaired) electrons. The summed E-state index contributed by atoms with van der Waals surface area (Å²) in [7, 11) is 0.698. The summed E-state index contributed by atoms with van der Waals surface area (Å²) in [6.07, 6.45) is 3.97. The molecule has 0 saturated carbocycles. The van der Waals surface area contributed by atoms with Gasteiger partial charge in [-0.1, -0.05) is 18.2 Å². The number of nitrogens with zero attached hydrogens (tertiary/aromatic N) is 1. The summed E-state index contributed by atoms with van der Waals surface area (Å²) >= 11 is 0. The summed E-state index contributed by atoms with van der Waals surface area (Å²) in [5, 5.41) is 5.72. The standard InChI is InChI=1S/C25H30FN3O3S/c1-17-22(14-18-6-9-20(10-7-18)33(4,31)32)21-11-8-19(26)15-23(21)24(17)16-28-25(30)27-12-5-13-29(2)3/h6-11,14-15H,5,12-13,16H2,1-4H3,(H2,27,28,30)/b22-14-. The van der Waals surface area contributed by atoms with E-state index >= 15 is 0 Å². The molecule has 2 aromatic carbocycles. The van der Waals surface area contributed by atoms with Crippen LogP contribution in [0.2, 0.25) is 0 Å². The summed E-state index contributed by atoms with van der Waals surface area (Å²) in [5.41, 5.74) is 5.17. The predicted molar refractivity (Wildman–Crippen MR) is 131 cm³/mol. The van der Waals surface area contributed by atoms with E-state index in [9.17, 15) is 17.6 Å². The molecule has 2 N–H and O–H groups in total. The highest BCUT2D eigenvalue weighted by atomic mass is 32.2. The Morgan fingerprint density at radius 3 is 2.39 bits per heavy atom. The molecule has 0 heterocycles. The molecule has 2 amide bonds. The van der Waals surface area contributed by atoms with Crippen LogP contribution in [-0.2, 0) is 9.84 Å². The number of rotatable bonds is 8. The van der Waals surface area contributed by atoms with Crippen molar-refractivity contribution in [3.05, 3.63) is 70.5 Å². The minimum atomic E-state index is -3.27. The minimum absolute atomic E-state index is 0.257. The Balaban J connectivity index is 1.81. The van der Waals surface area contributed by atoms with Crippen LogP contribution < -0.4 is 10.6 Å². The molecule has 6 nitrogen and oxygen atoms in total. The Morgan fingerprint density at radius 2 is 1.76 bits per heavy atom. The first-order valence-corrected chi connectivity index (χ1v) is 12.6. The largest absolute Gasteiger partial charge is 0.338 e. The Kier molecular flexibility index (Phi) is 7.71. The topological polar surface area (TPSA) is 78.5 Å². The first kappa shape index (κ1) is 24.7. The van der Waals surface area contributed by atoms with Gasteiger partial charge >= 0.3 is 6.03 Å². The zero-order valence-corrected chi connectivity index (χ0v) is 20.2. The van der Waals surface area contributed by atoms with Gasteiger partial charge in [0, 0.05) is 19.3 Å². The van der Waals surface area contributed by atoms with Crippen molar-refractivity contribution in [2.45, 2.75) is 18.2 Å². The maximum Gasteiger partial charge on any atom is 0.315 e. The fourth-order valence-corrected chi connectivity index (χ4v) is 4.42. The van der Waals surface area contributed by atoms with Crippen LogP contribution in [0.4, 0.5) is 9.18 Å². The number of carbonyl (C=O) groups is 1. The molecule has 0 bridgehead atoms. The molecule has 176 valence electrons. The second kappa shape index (κ2) is 10.3. The van der Waals surface area contributed by atoms with Crippen molar-refractivity contribution in [1.82, 2.24) is 15.5 Å². The lowest BCUT2D eigenvalue weighted by Gasteiger charge is -2.12. The normalized spacial score (nSPS) is 14.7. The van der Waals surface area contributed by atoms with Crippen LogP contribution in [-0.4, -0.2) is 59.3 Å². The lowest BCUT2D eigenvalue weighted by molar-refractivity contribution is 0.241. The summed E-state index contributed by atoms with van der Waals surface area (Å²) in [5.74, 6) is -0.342. The van der Waals surface area contributed by atoms with Crippen molar-refractivity contribution in [3.8, 4) is 0 Å². The molecular weight excluding hydrogens is 441 g/mol. The van der Waals surface area contributed by atoms with E-state index in [1.54, 1.807) is 30.3 Å². The van der Waals surface area contributed by atoms with E-state index in [1.165, 1.54) is 18.4 Å². The van der Waals surface area contributed by atoms with E-state index in [4.69, 9.17) is 0 Å². The van der Waals surface area contributed by atoms with Gasteiger partial charge in [-0.3, -0.25) is 0 Å². The molecule has 0 spiro atoms. The molecule has 1 aliphatic carbocycles. The molecule has 0 atom stereocenters. The number of carbonyl (C=O) groups excluding carboxylic acids is 1. The fraction of sp³-hybridized carbons (Fsp3) is 0.320. The Bertz CT molecular complexity index is 1200. The fourth-order valence-electron chi connectivity index (χ4n) is 3.79. The third kappa shape index (κ3) is 6.30. The SMILES string of the molecule is CC1=C(CNC(=O)NCCCN(C)C)c2cc(F)ccc2/C1=C\c1ccc(S(C)(=O)=O)cc1. The van der Waals surface area contributed by atoms with Crippen LogP contribution >= 0.6 is 0 Å². The number of urea groups is 1. The van der Waals surface area contributed by atoms with Gasteiger partial charge in [-0.25, -0.2) is 17.6 Å². The molecule has 0 unspecified atom stereocenters. The molecule has 3 rings (SSSR count). The second-order valence-electron chi connectivity index (χ2n) is 8.46. The Hall–Kier alpha value is -2.97. The van der Waals surface area contributed by atoms with Crippen molar-refractivity contribution >= 4 is 33.1 Å². The smallest absolute Gasteiger partial charge is 0.315 e. The molecule has 2 aromatic rings. The van der Waals surface area contributed by atoms with E-state index < -0.39 is 9.84 Å². The van der Waals surface area contributed by atoms with Gasteiger partial charge in [-0.05, 0) is 97.7 Å². The van der Waals surface area contributed by atoms with Crippen LogP contribution in [0, 0.1) is 5.82 Å². The van der Waals surface area contributed by atoms with Crippen LogP contribution in [0.1, 0.15) is 30.0 Å². The zero-order chi connectivity index (χ0) is 24.2. The van der Waals surface area contributed by atoms with Crippen molar-refractivity contribution in [1.29, 1.82) is 0 Å². The minimum Gasteiger partial charge on any atom is -0.338 e. The van der Waals surface area contributed by atoms with Crippen molar-refractivity contribution in [2.24, 2.45) is 0 Å². The number of fused-ring (bicyclic) bond motifs is 1. The highest BCUT2D eigenvalue weighted by molar-refractivity contribution is 7.90. The number of hydrogen-bond donors (Lipinski definition) is 2. The number of amides is 2. The summed E-state index contributed by atoms with van der Waals surface area (Å²) < 4.78 is 37.5. The van der Waals surface area contributed by atoms with E-state index in [-0.39, 0.29) is 23.3 Å². The molecule has 0 aromatic heterocycles. The van der Waals surface area contributed by atoms with Crippen molar-refractivity contribution in [3.63, 3.8) is 0 Å². The number of nitrogens with one attached hydrogen (secondary N) is 2. The highest BCUT2D eigenvalue weighted by Gasteiger charge is 2.24. The van der Waals surface area contributed by atoms with Crippen LogP contribution in [0.25, 0.3) is 17.2 Å². The van der Waals surface area contributed by atoms with Crippen molar-refractivity contribution in [2.75, 3.05) is 40.0 Å². The third-order valence-electron chi connectivity index (χ3n) is 5.57. The maximum atomic E-state index is 14.0. The highest BCUT2D eigenvalue weighted by Crippen LogP contribution is 2.42. The molecular formula is C25H30FN3O3S. The van der Waals surface area contributed by atoms with Crippen LogP contribution in [0.3, 0.4) is 0 Å². The third-order valence-corrected chi connectivity index (χ3v) is 6.69. The first-order valence-electron chi connectivity index (χ1n) is 10.7. The molecule has 0 saturated heterocycles. The number of sulfone groups is 1. The van der Waals surface area contributed by atoms with Gasteiger partial charge in [0.25, 0.3) is 0 Å². The lowest BCUT2D eigenvalue weighted by atomic mass is 10.0. The summed E-state index contributed by atoms with van der Waals surface area (Å²) in [4.78, 5) is 14.5. The Morgan fingerprint density at radius 1 is 1.06 bits per heavy atom. The maximum absolute atomic E-state index is 14.0. The molecule has 33 heavy (non-hydrogen) atoms. The van der Waals surface area contributed by atoms with Crippen LogP contribution in [0.15, 0.2) is 52.9 Å². The molecule has 0 aliphatic heterocycles. The van der Waals surface area contributed by atoms with E-state index in [0.717, 1.165) is 46.4 Å². The number of allylic oxidation sites excluding steroid dienone is 2. The first-order chi connectivity index (χ1) is 15.6. The van der Waals surface area contributed by atoms with E-state index in [1.807, 2.05) is 27.1 Å². The summed E-state index contributed by atoms with van der Waals surface area (Å²) in [6, 6.07) is 11.0. The quantitative estimate of drug-likeness (QED) is 0.574. The van der Waals surface area contributed by atoms with Gasteiger partial charge in [0.15, 0.2) is 9.84 Å². The van der Waals surface area contributed by atoms with E-state index in [2.05, 4.69) is 15.5 Å². The molecule has 0 fully saturated rings. The monoisotopic (exact) mass is 471 g/mol. The van der Waals surface area contributed by atoms with Gasteiger partial charge in [0.2, 0.25) is 0 Å². The number of benzene rings is 2. The van der Waals surface area contributed by atoms with Gasteiger partial charge in [-0.15, -0.1) is 0 Å². The van der Waals surface area contributed by atoms with Gasteiger partial charge < -0.3 is 15.5 Å². The average molecular weight is 472 g/mol. The lowest BCUT2D eigenvalue weighted by Crippen LogP contribution is -2.37. The number of halogens is 1. The number of hydrogen-bond acceptors (Lipinski definition) is 4. The Labute approximate surface area is 195 Å². The van der Waals surface area contributed by atoms with Gasteiger partial charge in [-0.2, -0.15) is 0 Å². The second-order valence-corrected chi connectivity index (χ2v) is 10.5. The van der Waals surface area contributed by atoms with Gasteiger partial charge in [0.05, 0.1) is 4.90 Å².